The number of rotatable bonds is 8. The van der Waals surface area contributed by atoms with Crippen molar-refractivity contribution in [3.8, 4) is 21.9 Å². The Hall–Kier alpha value is -3.00. The Morgan fingerprint density at radius 3 is 2.31 bits per heavy atom. The van der Waals surface area contributed by atoms with Crippen LogP contribution in [0, 0.1) is 13.8 Å². The number of benzene rings is 2. The molecule has 3 rings (SSSR count). The molecule has 0 aliphatic carbocycles. The number of alkyl halides is 3. The molecule has 0 radical (unpaired) electrons. The van der Waals surface area contributed by atoms with E-state index in [0.29, 0.717) is 24.5 Å². The standard InChI is InChI=1S/C24H23F3O4S/c1-4-19(23(28)29)31-20-10-9-18(11-14(20)2)30-13-22-15(3)12-21(32-22)16-5-7-17(8-6-16)24(25,26)27/h5-12,19H,4,13H2,1-3H3,(H,28,29). The van der Waals surface area contributed by atoms with Crippen molar-refractivity contribution in [3.05, 3.63) is 70.1 Å². The van der Waals surface area contributed by atoms with Crippen LogP contribution in [0.15, 0.2) is 48.5 Å². The average Bonchev–Trinajstić information content (AvgIpc) is 3.11. The zero-order valence-electron chi connectivity index (χ0n) is 17.8. The summed E-state index contributed by atoms with van der Waals surface area (Å²) >= 11 is 1.47. The molecule has 1 unspecified atom stereocenters. The zero-order valence-corrected chi connectivity index (χ0v) is 18.6. The monoisotopic (exact) mass is 464 g/mol. The smallest absolute Gasteiger partial charge is 0.416 e. The lowest BCUT2D eigenvalue weighted by molar-refractivity contribution is -0.145. The number of aliphatic carboxylic acids is 1. The highest BCUT2D eigenvalue weighted by molar-refractivity contribution is 7.15. The summed E-state index contributed by atoms with van der Waals surface area (Å²) in [5.74, 6) is 0.0924. The minimum absolute atomic E-state index is 0.309. The lowest BCUT2D eigenvalue weighted by Gasteiger charge is -2.16. The van der Waals surface area contributed by atoms with Gasteiger partial charge in [-0.3, -0.25) is 0 Å². The molecule has 2 aromatic carbocycles. The Kier molecular flexibility index (Phi) is 7.13. The molecule has 1 atom stereocenters. The third-order valence-electron chi connectivity index (χ3n) is 4.95. The molecule has 0 spiro atoms. The van der Waals surface area contributed by atoms with E-state index in [9.17, 15) is 18.0 Å². The second-order valence-electron chi connectivity index (χ2n) is 7.36. The van der Waals surface area contributed by atoms with Crippen LogP contribution in [0.1, 0.15) is 34.9 Å². The van der Waals surface area contributed by atoms with E-state index in [1.165, 1.54) is 23.5 Å². The van der Waals surface area contributed by atoms with Crippen LogP contribution in [0.2, 0.25) is 0 Å². The fourth-order valence-corrected chi connectivity index (χ4v) is 4.18. The van der Waals surface area contributed by atoms with Crippen LogP contribution in [-0.2, 0) is 17.6 Å². The van der Waals surface area contributed by atoms with Gasteiger partial charge in [0.05, 0.1) is 5.56 Å². The molecule has 32 heavy (non-hydrogen) atoms. The molecule has 1 heterocycles. The number of halogens is 3. The van der Waals surface area contributed by atoms with Gasteiger partial charge in [0.2, 0.25) is 0 Å². The van der Waals surface area contributed by atoms with Crippen LogP contribution < -0.4 is 9.47 Å². The molecule has 170 valence electrons. The molecule has 0 fully saturated rings. The number of aryl methyl sites for hydroxylation is 2. The summed E-state index contributed by atoms with van der Waals surface area (Å²) in [5, 5.41) is 9.15. The lowest BCUT2D eigenvalue weighted by Crippen LogP contribution is -2.26. The van der Waals surface area contributed by atoms with E-state index in [1.54, 1.807) is 25.1 Å². The van der Waals surface area contributed by atoms with Crippen molar-refractivity contribution in [2.24, 2.45) is 0 Å². The number of carboxylic acids is 1. The molecule has 4 nitrogen and oxygen atoms in total. The van der Waals surface area contributed by atoms with Crippen molar-refractivity contribution in [2.75, 3.05) is 0 Å². The van der Waals surface area contributed by atoms with Gasteiger partial charge in [-0.25, -0.2) is 4.79 Å². The highest BCUT2D eigenvalue weighted by atomic mass is 32.1. The van der Waals surface area contributed by atoms with Crippen molar-refractivity contribution in [1.82, 2.24) is 0 Å². The SMILES string of the molecule is CCC(Oc1ccc(OCc2sc(-c3ccc(C(F)(F)F)cc3)cc2C)cc1C)C(=O)O. The molecule has 0 amide bonds. The van der Waals surface area contributed by atoms with E-state index in [4.69, 9.17) is 14.6 Å². The molecule has 1 N–H and O–H groups in total. The van der Waals surface area contributed by atoms with Gasteiger partial charge in [0.25, 0.3) is 0 Å². The molecule has 3 aromatic rings. The second kappa shape index (κ2) is 9.65. The Labute approximate surface area is 188 Å². The Bertz CT molecular complexity index is 1090. The Balaban J connectivity index is 1.68. The van der Waals surface area contributed by atoms with Gasteiger partial charge in [0.15, 0.2) is 6.10 Å². The van der Waals surface area contributed by atoms with E-state index in [-0.39, 0.29) is 0 Å². The second-order valence-corrected chi connectivity index (χ2v) is 8.50. The van der Waals surface area contributed by atoms with Gasteiger partial charge in [-0.2, -0.15) is 13.2 Å². The predicted molar refractivity (Wildman–Crippen MR) is 117 cm³/mol. The maximum Gasteiger partial charge on any atom is 0.416 e. The number of thiophene rings is 1. The largest absolute Gasteiger partial charge is 0.488 e. The topological polar surface area (TPSA) is 55.8 Å². The van der Waals surface area contributed by atoms with Crippen molar-refractivity contribution in [2.45, 2.75) is 46.1 Å². The first-order chi connectivity index (χ1) is 15.1. The molecule has 0 bridgehead atoms. The molecule has 0 aliphatic heterocycles. The summed E-state index contributed by atoms with van der Waals surface area (Å²) < 4.78 is 49.8. The number of carboxylic acid groups (broad SMARTS) is 1. The van der Waals surface area contributed by atoms with E-state index in [0.717, 1.165) is 38.6 Å². The van der Waals surface area contributed by atoms with E-state index in [2.05, 4.69) is 0 Å². The summed E-state index contributed by atoms with van der Waals surface area (Å²) in [6.07, 6.45) is -4.91. The van der Waals surface area contributed by atoms with Gasteiger partial charge < -0.3 is 14.6 Å². The van der Waals surface area contributed by atoms with Crippen molar-refractivity contribution in [1.29, 1.82) is 0 Å². The maximum absolute atomic E-state index is 12.8. The number of ether oxygens (including phenoxy) is 2. The summed E-state index contributed by atoms with van der Waals surface area (Å²) in [4.78, 5) is 13.0. The fraction of sp³-hybridized carbons (Fsp3) is 0.292. The molecular weight excluding hydrogens is 441 g/mol. The van der Waals surface area contributed by atoms with Crippen LogP contribution in [0.5, 0.6) is 11.5 Å². The first kappa shape index (κ1) is 23.7. The van der Waals surface area contributed by atoms with Crippen LogP contribution in [0.3, 0.4) is 0 Å². The van der Waals surface area contributed by atoms with E-state index >= 15 is 0 Å². The van der Waals surface area contributed by atoms with Gasteiger partial charge >= 0.3 is 12.1 Å². The lowest BCUT2D eigenvalue weighted by atomic mass is 10.1. The molecule has 1 aromatic heterocycles. The number of carbonyl (C=O) groups is 1. The van der Waals surface area contributed by atoms with Crippen molar-refractivity contribution < 1.29 is 32.5 Å². The summed E-state index contributed by atoms with van der Waals surface area (Å²) in [6.45, 7) is 5.80. The third kappa shape index (κ3) is 5.62. The Morgan fingerprint density at radius 2 is 1.75 bits per heavy atom. The minimum atomic E-state index is -4.35. The highest BCUT2D eigenvalue weighted by Gasteiger charge is 2.30. The normalized spacial score (nSPS) is 12.4. The first-order valence-corrected chi connectivity index (χ1v) is 10.8. The summed E-state index contributed by atoms with van der Waals surface area (Å²) in [6, 6.07) is 12.2. The molecule has 0 aliphatic rings. The third-order valence-corrected chi connectivity index (χ3v) is 6.21. The summed E-state index contributed by atoms with van der Waals surface area (Å²) in [5.41, 5.74) is 1.80. The maximum atomic E-state index is 12.8. The fourth-order valence-electron chi connectivity index (χ4n) is 3.08. The van der Waals surface area contributed by atoms with Crippen LogP contribution in [0.25, 0.3) is 10.4 Å². The first-order valence-electron chi connectivity index (χ1n) is 9.98. The molecule has 8 heteroatoms. The van der Waals surface area contributed by atoms with Crippen LogP contribution >= 0.6 is 11.3 Å². The van der Waals surface area contributed by atoms with E-state index < -0.39 is 23.8 Å². The average molecular weight is 465 g/mol. The van der Waals surface area contributed by atoms with Crippen molar-refractivity contribution in [3.63, 3.8) is 0 Å². The van der Waals surface area contributed by atoms with Gasteiger partial charge in [0, 0.05) is 9.75 Å². The molecule has 0 saturated carbocycles. The van der Waals surface area contributed by atoms with E-state index in [1.807, 2.05) is 19.9 Å². The van der Waals surface area contributed by atoms with Crippen LogP contribution in [0.4, 0.5) is 13.2 Å². The predicted octanol–water partition coefficient (Wildman–Crippen LogP) is 6.87. The quantitative estimate of drug-likeness (QED) is 0.395. The van der Waals surface area contributed by atoms with Crippen LogP contribution in [-0.4, -0.2) is 17.2 Å². The zero-order chi connectivity index (χ0) is 23.5. The summed E-state index contributed by atoms with van der Waals surface area (Å²) in [7, 11) is 0. The Morgan fingerprint density at radius 1 is 1.06 bits per heavy atom. The van der Waals surface area contributed by atoms with Gasteiger partial charge in [0.1, 0.15) is 18.1 Å². The molecule has 0 saturated heterocycles. The highest BCUT2D eigenvalue weighted by Crippen LogP contribution is 2.35. The van der Waals surface area contributed by atoms with Gasteiger partial charge in [-0.05, 0) is 73.4 Å². The molecular formula is C24H23F3O4S. The van der Waals surface area contributed by atoms with Gasteiger partial charge in [-0.1, -0.05) is 19.1 Å². The van der Waals surface area contributed by atoms with Crippen molar-refractivity contribution >= 4 is 17.3 Å². The number of hydrogen-bond donors (Lipinski definition) is 1. The number of hydrogen-bond acceptors (Lipinski definition) is 4. The van der Waals surface area contributed by atoms with Gasteiger partial charge in [-0.15, -0.1) is 11.3 Å². The minimum Gasteiger partial charge on any atom is -0.488 e.